The van der Waals surface area contributed by atoms with Crippen LogP contribution >= 0.6 is 0 Å². The molecule has 106 valence electrons. The molecule has 0 spiro atoms. The van der Waals surface area contributed by atoms with Crippen molar-refractivity contribution in [1.29, 1.82) is 0 Å². The highest BCUT2D eigenvalue weighted by atomic mass is 28.3. The minimum Gasteiger partial charge on any atom is -0.388 e. The van der Waals surface area contributed by atoms with Crippen LogP contribution in [0, 0.1) is 17.8 Å². The number of methoxy groups -OCH3 is 1. The van der Waals surface area contributed by atoms with E-state index in [0.717, 1.165) is 24.0 Å². The van der Waals surface area contributed by atoms with Gasteiger partial charge in [0.15, 0.2) is 0 Å². The van der Waals surface area contributed by atoms with Crippen LogP contribution in [-0.4, -0.2) is 22.1 Å². The van der Waals surface area contributed by atoms with Gasteiger partial charge < -0.3 is 4.74 Å². The van der Waals surface area contributed by atoms with Crippen LogP contribution in [0.25, 0.3) is 0 Å². The first-order valence-corrected chi connectivity index (χ1v) is 10.8. The maximum absolute atomic E-state index is 5.36. The fourth-order valence-corrected chi connectivity index (χ4v) is 7.31. The van der Waals surface area contributed by atoms with Crippen molar-refractivity contribution in [2.75, 3.05) is 13.3 Å². The topological polar surface area (TPSA) is 9.23 Å². The summed E-state index contributed by atoms with van der Waals surface area (Å²) in [5.74, 6) is 3.26. The van der Waals surface area contributed by atoms with E-state index < -0.39 is 8.80 Å². The Labute approximate surface area is 115 Å². The van der Waals surface area contributed by atoms with Gasteiger partial charge >= 0.3 is 0 Å². The van der Waals surface area contributed by atoms with E-state index in [1.54, 1.807) is 37.8 Å². The highest BCUT2D eigenvalue weighted by Gasteiger charge is 2.30. The molecule has 1 heterocycles. The van der Waals surface area contributed by atoms with E-state index in [2.05, 4.69) is 6.92 Å². The Morgan fingerprint density at radius 3 is 2.11 bits per heavy atom. The summed E-state index contributed by atoms with van der Waals surface area (Å²) in [4.78, 5) is 0. The van der Waals surface area contributed by atoms with Crippen LogP contribution in [0.15, 0.2) is 0 Å². The third-order valence-electron chi connectivity index (χ3n) is 5.55. The van der Waals surface area contributed by atoms with E-state index in [0.29, 0.717) is 0 Å². The Kier molecular flexibility index (Phi) is 6.23. The maximum Gasteiger partial charge on any atom is 0.0677 e. The van der Waals surface area contributed by atoms with E-state index in [1.807, 2.05) is 7.11 Å². The first-order chi connectivity index (χ1) is 8.83. The average Bonchev–Trinajstić information content (AvgIpc) is 2.41. The van der Waals surface area contributed by atoms with Crippen LogP contribution in [0.5, 0.6) is 0 Å². The van der Waals surface area contributed by atoms with Gasteiger partial charge in [0, 0.05) is 13.3 Å². The highest BCUT2D eigenvalue weighted by Crippen LogP contribution is 2.41. The monoisotopic (exact) mass is 268 g/mol. The lowest BCUT2D eigenvalue weighted by atomic mass is 9.73. The molecular formula is C16H32OSi. The Bertz CT molecular complexity index is 191. The number of hydrogen-bond donors (Lipinski definition) is 0. The lowest BCUT2D eigenvalue weighted by Gasteiger charge is -2.37. The van der Waals surface area contributed by atoms with Crippen molar-refractivity contribution in [2.45, 2.75) is 70.4 Å². The molecule has 0 aromatic carbocycles. The highest BCUT2D eigenvalue weighted by molar-refractivity contribution is 6.58. The van der Waals surface area contributed by atoms with E-state index >= 15 is 0 Å². The molecular weight excluding hydrogens is 236 g/mol. The Hall–Kier alpha value is 0.177. The Morgan fingerprint density at radius 2 is 1.56 bits per heavy atom. The second-order valence-electron chi connectivity index (χ2n) is 6.81. The summed E-state index contributed by atoms with van der Waals surface area (Å²) in [6.07, 6.45) is 13.3. The fourth-order valence-electron chi connectivity index (χ4n) is 4.42. The zero-order valence-electron chi connectivity index (χ0n) is 12.5. The third kappa shape index (κ3) is 4.09. The molecule has 18 heavy (non-hydrogen) atoms. The van der Waals surface area contributed by atoms with Gasteiger partial charge in [0.1, 0.15) is 0 Å². The zero-order chi connectivity index (χ0) is 12.8. The van der Waals surface area contributed by atoms with Crippen LogP contribution in [0.3, 0.4) is 0 Å². The molecule has 0 aromatic rings. The molecule has 2 rings (SSSR count). The fraction of sp³-hybridized carbons (Fsp3) is 1.00. The quantitative estimate of drug-likeness (QED) is 0.671. The van der Waals surface area contributed by atoms with Crippen LogP contribution in [-0.2, 0) is 4.74 Å². The summed E-state index contributed by atoms with van der Waals surface area (Å²) in [6, 6.07) is 3.13. The molecule has 2 heteroatoms. The van der Waals surface area contributed by atoms with Crippen LogP contribution < -0.4 is 0 Å². The molecule has 0 N–H and O–H groups in total. The predicted octanol–water partition coefficient (Wildman–Crippen LogP) is 4.42. The van der Waals surface area contributed by atoms with Gasteiger partial charge in [-0.15, -0.1) is 0 Å². The molecule has 1 saturated carbocycles. The minimum absolute atomic E-state index is 0.465. The lowest BCUT2D eigenvalue weighted by molar-refractivity contribution is 0.183. The largest absolute Gasteiger partial charge is 0.388 e. The van der Waals surface area contributed by atoms with Gasteiger partial charge in [-0.2, -0.15) is 0 Å². The van der Waals surface area contributed by atoms with Crippen molar-refractivity contribution in [1.82, 2.24) is 0 Å². The van der Waals surface area contributed by atoms with Gasteiger partial charge in [0.05, 0.1) is 8.80 Å². The molecule has 1 saturated heterocycles. The first kappa shape index (κ1) is 14.6. The van der Waals surface area contributed by atoms with Crippen molar-refractivity contribution in [3.63, 3.8) is 0 Å². The van der Waals surface area contributed by atoms with E-state index in [-0.39, 0.29) is 0 Å². The third-order valence-corrected chi connectivity index (χ3v) is 8.65. The van der Waals surface area contributed by atoms with Crippen molar-refractivity contribution < 1.29 is 4.74 Å². The predicted molar refractivity (Wildman–Crippen MR) is 81.7 cm³/mol. The minimum atomic E-state index is -0.465. The normalized spacial score (nSPS) is 37.7. The van der Waals surface area contributed by atoms with Crippen LogP contribution in [0.1, 0.15) is 58.3 Å². The van der Waals surface area contributed by atoms with Gasteiger partial charge in [-0.25, -0.2) is 0 Å². The van der Waals surface area contributed by atoms with Crippen molar-refractivity contribution in [2.24, 2.45) is 17.8 Å². The van der Waals surface area contributed by atoms with Crippen molar-refractivity contribution >= 4 is 8.80 Å². The zero-order valence-corrected chi connectivity index (χ0v) is 13.7. The molecule has 1 aliphatic heterocycles. The van der Waals surface area contributed by atoms with E-state index in [1.165, 1.54) is 25.7 Å². The second-order valence-corrected chi connectivity index (χ2v) is 10.0. The SMILES string of the molecule is CCCC1CCC(C2CC[SiH](COC)CC2)CC1. The van der Waals surface area contributed by atoms with Gasteiger partial charge in [-0.05, 0) is 30.6 Å². The van der Waals surface area contributed by atoms with Gasteiger partial charge in [0.25, 0.3) is 0 Å². The molecule has 2 aliphatic rings. The van der Waals surface area contributed by atoms with Gasteiger partial charge in [-0.1, -0.05) is 57.5 Å². The number of ether oxygens (including phenoxy) is 1. The smallest absolute Gasteiger partial charge is 0.0677 e. The van der Waals surface area contributed by atoms with E-state index in [9.17, 15) is 0 Å². The van der Waals surface area contributed by atoms with Crippen LogP contribution in [0.4, 0.5) is 0 Å². The molecule has 2 fully saturated rings. The maximum atomic E-state index is 5.36. The summed E-state index contributed by atoms with van der Waals surface area (Å²) in [5.41, 5.74) is 0. The molecule has 1 aliphatic carbocycles. The molecule has 0 amide bonds. The van der Waals surface area contributed by atoms with E-state index in [4.69, 9.17) is 4.74 Å². The van der Waals surface area contributed by atoms with Crippen LogP contribution in [0.2, 0.25) is 12.1 Å². The summed E-state index contributed by atoms with van der Waals surface area (Å²) < 4.78 is 5.36. The van der Waals surface area contributed by atoms with Gasteiger partial charge in [-0.3, -0.25) is 0 Å². The molecule has 0 atom stereocenters. The van der Waals surface area contributed by atoms with Crippen molar-refractivity contribution in [3.8, 4) is 0 Å². The summed E-state index contributed by atoms with van der Waals surface area (Å²) in [5, 5.41) is 0. The molecule has 0 aromatic heterocycles. The first-order valence-electron chi connectivity index (χ1n) is 8.32. The van der Waals surface area contributed by atoms with Crippen molar-refractivity contribution in [3.05, 3.63) is 0 Å². The standard InChI is InChI=1S/C16H32OSi/c1-3-4-14-5-7-15(8-6-14)16-9-11-18(12-10-16)13-17-2/h14-16,18H,3-13H2,1-2H3. The molecule has 0 bridgehead atoms. The Balaban J connectivity index is 1.68. The number of rotatable bonds is 5. The summed E-state index contributed by atoms with van der Waals surface area (Å²) >= 11 is 0. The average molecular weight is 269 g/mol. The number of hydrogen-bond acceptors (Lipinski definition) is 1. The molecule has 0 radical (unpaired) electrons. The Morgan fingerprint density at radius 1 is 0.944 bits per heavy atom. The molecule has 1 nitrogen and oxygen atoms in total. The molecule has 0 unspecified atom stereocenters. The second kappa shape index (κ2) is 7.69. The van der Waals surface area contributed by atoms with Gasteiger partial charge in [0.2, 0.25) is 0 Å². The summed E-state index contributed by atoms with van der Waals surface area (Å²) in [6.45, 7) is 2.34. The summed E-state index contributed by atoms with van der Waals surface area (Å²) in [7, 11) is 1.42. The lowest BCUT2D eigenvalue weighted by Crippen LogP contribution is -2.31.